The molecule has 1 heterocycles. The summed E-state index contributed by atoms with van der Waals surface area (Å²) in [6.07, 6.45) is 0.736. The van der Waals surface area contributed by atoms with Crippen molar-refractivity contribution in [1.82, 2.24) is 0 Å². The SMILES string of the molecule is CC(=O)c1ccc(Cc2ccc(C)c(C)c2C)o1. The van der Waals surface area contributed by atoms with E-state index in [1.165, 1.54) is 29.2 Å². The average Bonchev–Trinajstić information content (AvgIpc) is 2.79. The Bertz CT molecular complexity index is 591. The predicted molar refractivity (Wildman–Crippen MR) is 72.2 cm³/mol. The van der Waals surface area contributed by atoms with Crippen molar-refractivity contribution in [3.63, 3.8) is 0 Å². The fourth-order valence-electron chi connectivity index (χ4n) is 2.05. The number of benzene rings is 1. The molecule has 0 N–H and O–H groups in total. The Kier molecular flexibility index (Phi) is 3.37. The number of carbonyl (C=O) groups is 1. The molecule has 0 spiro atoms. The van der Waals surface area contributed by atoms with E-state index < -0.39 is 0 Å². The lowest BCUT2D eigenvalue weighted by Crippen LogP contribution is -1.95. The fourth-order valence-corrected chi connectivity index (χ4v) is 2.05. The standard InChI is InChI=1S/C16H18O2/c1-10-5-6-14(12(3)11(10)2)9-15-7-8-16(18-15)13(4)17/h5-8H,9H2,1-4H3. The molecule has 0 aliphatic heterocycles. The van der Waals surface area contributed by atoms with Crippen molar-refractivity contribution in [2.45, 2.75) is 34.1 Å². The van der Waals surface area contributed by atoms with Gasteiger partial charge in [0.05, 0.1) is 0 Å². The van der Waals surface area contributed by atoms with Crippen LogP contribution in [0.15, 0.2) is 28.7 Å². The molecule has 0 aliphatic carbocycles. The van der Waals surface area contributed by atoms with E-state index in [4.69, 9.17) is 4.42 Å². The van der Waals surface area contributed by atoms with Crippen molar-refractivity contribution in [3.8, 4) is 0 Å². The number of furan rings is 1. The summed E-state index contributed by atoms with van der Waals surface area (Å²) in [7, 11) is 0. The molecule has 1 aromatic heterocycles. The highest BCUT2D eigenvalue weighted by Gasteiger charge is 2.09. The second kappa shape index (κ2) is 4.81. The van der Waals surface area contributed by atoms with Gasteiger partial charge in [0, 0.05) is 13.3 Å². The smallest absolute Gasteiger partial charge is 0.194 e. The molecule has 0 atom stereocenters. The van der Waals surface area contributed by atoms with Crippen LogP contribution in [0.2, 0.25) is 0 Å². The molecule has 0 unspecified atom stereocenters. The van der Waals surface area contributed by atoms with Crippen LogP contribution < -0.4 is 0 Å². The zero-order chi connectivity index (χ0) is 13.3. The summed E-state index contributed by atoms with van der Waals surface area (Å²) in [6.45, 7) is 7.90. The summed E-state index contributed by atoms with van der Waals surface area (Å²) in [6, 6.07) is 7.89. The van der Waals surface area contributed by atoms with E-state index in [0.29, 0.717) is 5.76 Å². The Morgan fingerprint density at radius 3 is 2.39 bits per heavy atom. The van der Waals surface area contributed by atoms with Crippen LogP contribution in [0, 0.1) is 20.8 Å². The predicted octanol–water partition coefficient (Wildman–Crippen LogP) is 4.00. The van der Waals surface area contributed by atoms with Gasteiger partial charge in [0.1, 0.15) is 5.76 Å². The lowest BCUT2D eigenvalue weighted by atomic mass is 9.96. The van der Waals surface area contributed by atoms with Gasteiger partial charge in [-0.2, -0.15) is 0 Å². The second-order valence-corrected chi connectivity index (χ2v) is 4.79. The monoisotopic (exact) mass is 242 g/mol. The zero-order valence-electron chi connectivity index (χ0n) is 11.3. The Hall–Kier alpha value is -1.83. The molecular formula is C16H18O2. The van der Waals surface area contributed by atoms with Crippen LogP contribution in [0.5, 0.6) is 0 Å². The molecule has 18 heavy (non-hydrogen) atoms. The van der Waals surface area contributed by atoms with Crippen LogP contribution >= 0.6 is 0 Å². The minimum absolute atomic E-state index is 0.0296. The highest BCUT2D eigenvalue weighted by Crippen LogP contribution is 2.21. The Morgan fingerprint density at radius 2 is 1.78 bits per heavy atom. The first-order valence-corrected chi connectivity index (χ1v) is 6.14. The highest BCUT2D eigenvalue weighted by molar-refractivity contribution is 5.91. The largest absolute Gasteiger partial charge is 0.458 e. The lowest BCUT2D eigenvalue weighted by Gasteiger charge is -2.10. The summed E-state index contributed by atoms with van der Waals surface area (Å²) in [4.78, 5) is 11.2. The average molecular weight is 242 g/mol. The first-order valence-electron chi connectivity index (χ1n) is 6.14. The van der Waals surface area contributed by atoms with E-state index in [1.54, 1.807) is 6.07 Å². The summed E-state index contributed by atoms with van der Waals surface area (Å²) in [5.74, 6) is 1.25. The summed E-state index contributed by atoms with van der Waals surface area (Å²) in [5, 5.41) is 0. The minimum Gasteiger partial charge on any atom is -0.458 e. The Labute approximate surface area is 108 Å². The third-order valence-corrected chi connectivity index (χ3v) is 3.54. The first-order chi connectivity index (χ1) is 8.49. The zero-order valence-corrected chi connectivity index (χ0v) is 11.3. The van der Waals surface area contributed by atoms with Crippen LogP contribution in [-0.4, -0.2) is 5.78 Å². The molecule has 0 fully saturated rings. The second-order valence-electron chi connectivity index (χ2n) is 4.79. The van der Waals surface area contributed by atoms with Crippen molar-refractivity contribution in [1.29, 1.82) is 0 Å². The maximum Gasteiger partial charge on any atom is 0.194 e. The van der Waals surface area contributed by atoms with E-state index in [1.807, 2.05) is 6.07 Å². The van der Waals surface area contributed by atoms with Gasteiger partial charge in [-0.25, -0.2) is 0 Å². The molecule has 2 aromatic rings. The van der Waals surface area contributed by atoms with Gasteiger partial charge in [0.25, 0.3) is 0 Å². The van der Waals surface area contributed by atoms with E-state index in [0.717, 1.165) is 12.2 Å². The fraction of sp³-hybridized carbons (Fsp3) is 0.312. The maximum atomic E-state index is 11.2. The summed E-state index contributed by atoms with van der Waals surface area (Å²) in [5.41, 5.74) is 5.18. The molecule has 0 saturated heterocycles. The summed E-state index contributed by atoms with van der Waals surface area (Å²) >= 11 is 0. The van der Waals surface area contributed by atoms with Gasteiger partial charge in [0.15, 0.2) is 11.5 Å². The van der Waals surface area contributed by atoms with Crippen molar-refractivity contribution < 1.29 is 9.21 Å². The first kappa shape index (κ1) is 12.6. The molecule has 2 rings (SSSR count). The number of aryl methyl sites for hydroxylation is 1. The summed E-state index contributed by atoms with van der Waals surface area (Å²) < 4.78 is 5.52. The van der Waals surface area contributed by atoms with Gasteiger partial charge in [-0.15, -0.1) is 0 Å². The topological polar surface area (TPSA) is 30.2 Å². The number of hydrogen-bond acceptors (Lipinski definition) is 2. The molecule has 0 amide bonds. The van der Waals surface area contributed by atoms with Gasteiger partial charge < -0.3 is 4.42 Å². The van der Waals surface area contributed by atoms with E-state index in [2.05, 4.69) is 32.9 Å². The number of hydrogen-bond donors (Lipinski definition) is 0. The van der Waals surface area contributed by atoms with Crippen LogP contribution in [0.25, 0.3) is 0 Å². The van der Waals surface area contributed by atoms with Crippen LogP contribution in [-0.2, 0) is 6.42 Å². The Morgan fingerprint density at radius 1 is 1.06 bits per heavy atom. The number of carbonyl (C=O) groups excluding carboxylic acids is 1. The molecule has 94 valence electrons. The van der Waals surface area contributed by atoms with Crippen LogP contribution in [0.4, 0.5) is 0 Å². The van der Waals surface area contributed by atoms with Gasteiger partial charge >= 0.3 is 0 Å². The normalized spacial score (nSPS) is 10.7. The number of Topliss-reactive ketones (excluding diaryl/α,β-unsaturated/α-hetero) is 1. The third kappa shape index (κ3) is 2.37. The lowest BCUT2D eigenvalue weighted by molar-refractivity contribution is 0.0985. The molecule has 0 radical (unpaired) electrons. The Balaban J connectivity index is 2.28. The highest BCUT2D eigenvalue weighted by atomic mass is 16.3. The number of rotatable bonds is 3. The third-order valence-electron chi connectivity index (χ3n) is 3.54. The van der Waals surface area contributed by atoms with Gasteiger partial charge in [-0.05, 0) is 55.2 Å². The van der Waals surface area contributed by atoms with Crippen molar-refractivity contribution in [2.75, 3.05) is 0 Å². The molecule has 0 saturated carbocycles. The van der Waals surface area contributed by atoms with Gasteiger partial charge in [0.2, 0.25) is 0 Å². The molecule has 0 bridgehead atoms. The van der Waals surface area contributed by atoms with Gasteiger partial charge in [-0.3, -0.25) is 4.79 Å². The molecule has 0 aliphatic rings. The number of ketones is 1. The molecule has 2 heteroatoms. The maximum absolute atomic E-state index is 11.2. The van der Waals surface area contributed by atoms with Crippen LogP contribution in [0.1, 0.15) is 45.5 Å². The van der Waals surface area contributed by atoms with Crippen LogP contribution in [0.3, 0.4) is 0 Å². The van der Waals surface area contributed by atoms with E-state index >= 15 is 0 Å². The van der Waals surface area contributed by atoms with Crippen molar-refractivity contribution in [2.24, 2.45) is 0 Å². The van der Waals surface area contributed by atoms with Gasteiger partial charge in [-0.1, -0.05) is 12.1 Å². The molecular weight excluding hydrogens is 224 g/mol. The minimum atomic E-state index is -0.0296. The van der Waals surface area contributed by atoms with E-state index in [9.17, 15) is 4.79 Å². The molecule has 1 aromatic carbocycles. The molecule has 2 nitrogen and oxygen atoms in total. The van der Waals surface area contributed by atoms with E-state index in [-0.39, 0.29) is 5.78 Å². The quantitative estimate of drug-likeness (QED) is 0.761. The van der Waals surface area contributed by atoms with Crippen molar-refractivity contribution >= 4 is 5.78 Å². The van der Waals surface area contributed by atoms with Crippen molar-refractivity contribution in [3.05, 3.63) is 58.0 Å².